The summed E-state index contributed by atoms with van der Waals surface area (Å²) < 4.78 is 0. The van der Waals surface area contributed by atoms with Crippen molar-refractivity contribution in [2.75, 3.05) is 0 Å². The highest BCUT2D eigenvalue weighted by molar-refractivity contribution is 6.31. The number of aliphatic imine (C=N–C) groups is 1. The summed E-state index contributed by atoms with van der Waals surface area (Å²) >= 11 is 6.07. The Balaban J connectivity index is 2.50. The Bertz CT molecular complexity index is 417. The molecular weight excluding hydrogens is 198 g/mol. The van der Waals surface area contributed by atoms with Crippen molar-refractivity contribution in [3.63, 3.8) is 0 Å². The van der Waals surface area contributed by atoms with Crippen LogP contribution in [0.4, 0.5) is 0 Å². The van der Waals surface area contributed by atoms with Gasteiger partial charge in [0.25, 0.3) is 0 Å². The lowest BCUT2D eigenvalue weighted by Gasteiger charge is -2.10. The summed E-state index contributed by atoms with van der Waals surface area (Å²) in [6, 6.07) is 5.80. The molecule has 0 bridgehead atoms. The minimum absolute atomic E-state index is 0.356. The van der Waals surface area contributed by atoms with E-state index < -0.39 is 0 Å². The second-order valence-electron chi connectivity index (χ2n) is 3.72. The van der Waals surface area contributed by atoms with Crippen molar-refractivity contribution in [2.45, 2.75) is 25.3 Å². The molecule has 2 rings (SSSR count). The van der Waals surface area contributed by atoms with Gasteiger partial charge in [-0.15, -0.1) is 0 Å². The summed E-state index contributed by atoms with van der Waals surface area (Å²) in [7, 11) is 0. The van der Waals surface area contributed by atoms with Crippen LogP contribution in [0.15, 0.2) is 23.2 Å². The number of hydrogen-bond acceptors (Lipinski definition) is 2. The van der Waals surface area contributed by atoms with E-state index in [9.17, 15) is 4.79 Å². The van der Waals surface area contributed by atoms with Gasteiger partial charge in [-0.3, -0.25) is 0 Å². The molecule has 0 heterocycles. The predicted octanol–water partition coefficient (Wildman–Crippen LogP) is 2.97. The maximum Gasteiger partial charge on any atom is 0.235 e. The summed E-state index contributed by atoms with van der Waals surface area (Å²) in [4.78, 5) is 14.1. The predicted molar refractivity (Wildman–Crippen MR) is 55.2 cm³/mol. The Kier molecular flexibility index (Phi) is 2.18. The van der Waals surface area contributed by atoms with E-state index >= 15 is 0 Å². The summed E-state index contributed by atoms with van der Waals surface area (Å²) in [5.74, 6) is 0. The molecule has 1 aliphatic rings. The van der Waals surface area contributed by atoms with Crippen molar-refractivity contribution in [3.8, 4) is 0 Å². The molecule has 3 heteroatoms. The Hall–Kier alpha value is -1.11. The summed E-state index contributed by atoms with van der Waals surface area (Å²) in [5.41, 5.74) is 1.74. The minimum atomic E-state index is -0.356. The van der Waals surface area contributed by atoms with Crippen LogP contribution >= 0.6 is 11.6 Å². The number of isocyanates is 1. The zero-order chi connectivity index (χ0) is 10.2. The van der Waals surface area contributed by atoms with Crippen molar-refractivity contribution in [2.24, 2.45) is 4.99 Å². The second-order valence-corrected chi connectivity index (χ2v) is 4.13. The number of halogens is 1. The van der Waals surface area contributed by atoms with Crippen LogP contribution < -0.4 is 0 Å². The average Bonchev–Trinajstić information content (AvgIpc) is 2.91. The molecule has 0 radical (unpaired) electrons. The Morgan fingerprint density at radius 1 is 1.50 bits per heavy atom. The fourth-order valence-corrected chi connectivity index (χ4v) is 1.94. The van der Waals surface area contributed by atoms with Gasteiger partial charge in [0.05, 0.1) is 5.54 Å². The Labute approximate surface area is 87.6 Å². The first-order valence-electron chi connectivity index (χ1n) is 4.54. The molecule has 72 valence electrons. The molecule has 0 aliphatic heterocycles. The fraction of sp³-hybridized carbons (Fsp3) is 0.364. The third kappa shape index (κ3) is 1.47. The van der Waals surface area contributed by atoms with Crippen molar-refractivity contribution in [1.82, 2.24) is 0 Å². The zero-order valence-corrected chi connectivity index (χ0v) is 8.64. The van der Waals surface area contributed by atoms with E-state index in [1.807, 2.05) is 25.1 Å². The fourth-order valence-electron chi connectivity index (χ4n) is 1.64. The number of hydrogen-bond donors (Lipinski definition) is 0. The highest BCUT2D eigenvalue weighted by Crippen LogP contribution is 2.51. The number of rotatable bonds is 2. The normalized spacial score (nSPS) is 17.3. The summed E-state index contributed by atoms with van der Waals surface area (Å²) in [6.45, 7) is 2.00. The molecule has 1 aromatic rings. The van der Waals surface area contributed by atoms with E-state index in [-0.39, 0.29) is 5.54 Å². The van der Waals surface area contributed by atoms with Crippen LogP contribution in [0.2, 0.25) is 5.02 Å². The van der Waals surface area contributed by atoms with E-state index in [1.54, 1.807) is 6.08 Å². The number of nitrogens with zero attached hydrogens (tertiary/aromatic N) is 1. The van der Waals surface area contributed by atoms with Crippen LogP contribution in [0, 0.1) is 6.92 Å². The van der Waals surface area contributed by atoms with Crippen LogP contribution in [-0.4, -0.2) is 6.08 Å². The number of aryl methyl sites for hydroxylation is 1. The second kappa shape index (κ2) is 3.23. The van der Waals surface area contributed by atoms with Crippen molar-refractivity contribution < 1.29 is 4.79 Å². The van der Waals surface area contributed by atoms with E-state index in [2.05, 4.69) is 4.99 Å². The van der Waals surface area contributed by atoms with Gasteiger partial charge >= 0.3 is 0 Å². The maximum atomic E-state index is 10.3. The third-order valence-corrected chi connectivity index (χ3v) is 2.94. The lowest BCUT2D eigenvalue weighted by Crippen LogP contribution is -2.03. The van der Waals surface area contributed by atoms with Gasteiger partial charge in [0, 0.05) is 5.02 Å². The molecule has 0 spiro atoms. The number of benzene rings is 1. The lowest BCUT2D eigenvalue weighted by atomic mass is 10.0. The van der Waals surface area contributed by atoms with Gasteiger partial charge in [-0.05, 0) is 31.4 Å². The molecule has 0 N–H and O–H groups in total. The first kappa shape index (κ1) is 9.45. The number of carbonyl (C=O) groups excluding carboxylic acids is 1. The first-order valence-corrected chi connectivity index (χ1v) is 4.91. The largest absolute Gasteiger partial charge is 0.235 e. The van der Waals surface area contributed by atoms with Gasteiger partial charge in [0.1, 0.15) is 0 Å². The summed E-state index contributed by atoms with van der Waals surface area (Å²) in [5, 5.41) is 0.687. The minimum Gasteiger partial charge on any atom is -0.211 e. The molecule has 0 aromatic heterocycles. The van der Waals surface area contributed by atoms with Crippen molar-refractivity contribution in [1.29, 1.82) is 0 Å². The standard InChI is InChI=1S/C11H10ClNO/c1-8-2-3-10(12)9(6-8)11(4-5-11)13-7-14/h2-3,6H,4-5H2,1H3. The van der Waals surface area contributed by atoms with Gasteiger partial charge in [-0.1, -0.05) is 29.3 Å². The Morgan fingerprint density at radius 3 is 2.79 bits per heavy atom. The van der Waals surface area contributed by atoms with Crippen LogP contribution in [-0.2, 0) is 10.3 Å². The average molecular weight is 208 g/mol. The zero-order valence-electron chi connectivity index (χ0n) is 7.88. The van der Waals surface area contributed by atoms with Crippen LogP contribution in [0.1, 0.15) is 24.0 Å². The molecule has 1 saturated carbocycles. The van der Waals surface area contributed by atoms with Gasteiger partial charge in [0.15, 0.2) is 0 Å². The molecule has 1 fully saturated rings. The molecular formula is C11H10ClNO. The summed E-state index contributed by atoms with van der Waals surface area (Å²) in [6.07, 6.45) is 3.42. The smallest absolute Gasteiger partial charge is 0.211 e. The monoisotopic (exact) mass is 207 g/mol. The molecule has 2 nitrogen and oxygen atoms in total. The molecule has 0 saturated heterocycles. The lowest BCUT2D eigenvalue weighted by molar-refractivity contribution is 0.556. The third-order valence-electron chi connectivity index (χ3n) is 2.61. The van der Waals surface area contributed by atoms with Gasteiger partial charge in [-0.25, -0.2) is 4.79 Å². The van der Waals surface area contributed by atoms with Crippen molar-refractivity contribution in [3.05, 3.63) is 34.3 Å². The van der Waals surface area contributed by atoms with E-state index in [0.717, 1.165) is 24.0 Å². The van der Waals surface area contributed by atoms with Gasteiger partial charge in [-0.2, -0.15) is 4.99 Å². The molecule has 0 atom stereocenters. The Morgan fingerprint density at radius 2 is 2.21 bits per heavy atom. The van der Waals surface area contributed by atoms with E-state index in [4.69, 9.17) is 11.6 Å². The molecule has 14 heavy (non-hydrogen) atoms. The van der Waals surface area contributed by atoms with Gasteiger partial charge in [0.2, 0.25) is 6.08 Å². The topological polar surface area (TPSA) is 29.4 Å². The first-order chi connectivity index (χ1) is 6.68. The maximum absolute atomic E-state index is 10.3. The molecule has 1 aromatic carbocycles. The highest BCUT2D eigenvalue weighted by Gasteiger charge is 2.46. The van der Waals surface area contributed by atoms with Crippen molar-refractivity contribution >= 4 is 17.7 Å². The van der Waals surface area contributed by atoms with Gasteiger partial charge < -0.3 is 0 Å². The molecule has 1 aliphatic carbocycles. The quantitative estimate of drug-likeness (QED) is 0.542. The van der Waals surface area contributed by atoms with Crippen LogP contribution in [0.3, 0.4) is 0 Å². The molecule has 0 unspecified atom stereocenters. The molecule has 0 amide bonds. The van der Waals surface area contributed by atoms with Crippen LogP contribution in [0.5, 0.6) is 0 Å². The van der Waals surface area contributed by atoms with E-state index in [0.29, 0.717) is 5.02 Å². The highest BCUT2D eigenvalue weighted by atomic mass is 35.5. The van der Waals surface area contributed by atoms with E-state index in [1.165, 1.54) is 0 Å². The van der Waals surface area contributed by atoms with Crippen LogP contribution in [0.25, 0.3) is 0 Å². The SMILES string of the molecule is Cc1ccc(Cl)c(C2(N=C=O)CC2)c1.